The molecule has 6 heteroatoms. The number of carbonyl (C=O) groups is 1. The van der Waals surface area contributed by atoms with Gasteiger partial charge < -0.3 is 5.32 Å². The number of hydrogen-bond acceptors (Lipinski definition) is 3. The molecular weight excluding hydrogens is 259 g/mol. The molecule has 5 nitrogen and oxygen atoms in total. The van der Waals surface area contributed by atoms with Crippen molar-refractivity contribution in [2.24, 2.45) is 0 Å². The topological polar surface area (TPSA) is 70.7 Å². The fourth-order valence-corrected chi connectivity index (χ4v) is 1.92. The SMILES string of the molecule is Cc1cccc(C(=O)Nc2n[nH]c3ccc(F)cc23)n1. The summed E-state index contributed by atoms with van der Waals surface area (Å²) in [6.45, 7) is 1.80. The van der Waals surface area contributed by atoms with Crippen LogP contribution in [0.4, 0.5) is 10.2 Å². The van der Waals surface area contributed by atoms with Crippen molar-refractivity contribution in [2.45, 2.75) is 6.92 Å². The fourth-order valence-electron chi connectivity index (χ4n) is 1.92. The van der Waals surface area contributed by atoms with Gasteiger partial charge in [-0.1, -0.05) is 6.07 Å². The number of amides is 1. The highest BCUT2D eigenvalue weighted by atomic mass is 19.1. The Morgan fingerprint density at radius 3 is 2.95 bits per heavy atom. The normalized spacial score (nSPS) is 10.7. The Bertz CT molecular complexity index is 797. The number of anilines is 1. The summed E-state index contributed by atoms with van der Waals surface area (Å²) in [5.74, 6) is -0.484. The third kappa shape index (κ3) is 2.23. The van der Waals surface area contributed by atoms with Gasteiger partial charge in [0.05, 0.1) is 5.52 Å². The second-order valence-corrected chi connectivity index (χ2v) is 4.38. The van der Waals surface area contributed by atoms with Gasteiger partial charge in [-0.05, 0) is 37.3 Å². The number of nitrogens with zero attached hydrogens (tertiary/aromatic N) is 2. The van der Waals surface area contributed by atoms with Crippen molar-refractivity contribution in [3.63, 3.8) is 0 Å². The van der Waals surface area contributed by atoms with Crippen LogP contribution in [-0.2, 0) is 0 Å². The molecule has 0 fully saturated rings. The molecule has 0 atom stereocenters. The van der Waals surface area contributed by atoms with Gasteiger partial charge in [0.1, 0.15) is 11.5 Å². The lowest BCUT2D eigenvalue weighted by atomic mass is 10.2. The highest BCUT2D eigenvalue weighted by Crippen LogP contribution is 2.21. The monoisotopic (exact) mass is 270 g/mol. The first-order valence-electron chi connectivity index (χ1n) is 6.02. The van der Waals surface area contributed by atoms with Crippen molar-refractivity contribution in [2.75, 3.05) is 5.32 Å². The van der Waals surface area contributed by atoms with Crippen LogP contribution in [0.3, 0.4) is 0 Å². The molecule has 100 valence electrons. The van der Waals surface area contributed by atoms with E-state index in [2.05, 4.69) is 20.5 Å². The Labute approximate surface area is 113 Å². The largest absolute Gasteiger partial charge is 0.303 e. The third-order valence-corrected chi connectivity index (χ3v) is 2.88. The Balaban J connectivity index is 1.93. The summed E-state index contributed by atoms with van der Waals surface area (Å²) < 4.78 is 13.2. The second kappa shape index (κ2) is 4.73. The quantitative estimate of drug-likeness (QED) is 0.752. The van der Waals surface area contributed by atoms with Gasteiger partial charge in [0.25, 0.3) is 5.91 Å². The number of H-pyrrole nitrogens is 1. The van der Waals surface area contributed by atoms with Crippen molar-refractivity contribution in [3.8, 4) is 0 Å². The van der Waals surface area contributed by atoms with Crippen LogP contribution >= 0.6 is 0 Å². The molecule has 2 N–H and O–H groups in total. The zero-order chi connectivity index (χ0) is 14.1. The molecule has 0 aliphatic rings. The first-order chi connectivity index (χ1) is 9.63. The van der Waals surface area contributed by atoms with E-state index in [4.69, 9.17) is 0 Å². The van der Waals surface area contributed by atoms with E-state index in [1.54, 1.807) is 31.2 Å². The number of nitrogens with one attached hydrogen (secondary N) is 2. The number of pyridine rings is 1. The van der Waals surface area contributed by atoms with E-state index in [-0.39, 0.29) is 23.2 Å². The zero-order valence-corrected chi connectivity index (χ0v) is 10.6. The molecule has 3 rings (SSSR count). The van der Waals surface area contributed by atoms with Crippen LogP contribution in [0.25, 0.3) is 10.9 Å². The first kappa shape index (κ1) is 12.3. The average Bonchev–Trinajstić information content (AvgIpc) is 2.81. The summed E-state index contributed by atoms with van der Waals surface area (Å²) in [5, 5.41) is 9.85. The van der Waals surface area contributed by atoms with Crippen molar-refractivity contribution in [3.05, 3.63) is 53.6 Å². The molecule has 0 saturated carbocycles. The number of fused-ring (bicyclic) bond motifs is 1. The van der Waals surface area contributed by atoms with E-state index < -0.39 is 0 Å². The second-order valence-electron chi connectivity index (χ2n) is 4.38. The van der Waals surface area contributed by atoms with Crippen LogP contribution in [-0.4, -0.2) is 21.1 Å². The molecule has 0 bridgehead atoms. The highest BCUT2D eigenvalue weighted by Gasteiger charge is 2.12. The zero-order valence-electron chi connectivity index (χ0n) is 10.6. The summed E-state index contributed by atoms with van der Waals surface area (Å²) >= 11 is 0. The maximum absolute atomic E-state index is 13.2. The summed E-state index contributed by atoms with van der Waals surface area (Å²) in [6, 6.07) is 9.37. The molecule has 0 aliphatic heterocycles. The number of hydrogen-bond donors (Lipinski definition) is 2. The maximum Gasteiger partial charge on any atom is 0.275 e. The number of halogens is 1. The van der Waals surface area contributed by atoms with Gasteiger partial charge in [0.2, 0.25) is 0 Å². The lowest BCUT2D eigenvalue weighted by molar-refractivity contribution is 0.102. The maximum atomic E-state index is 13.2. The molecular formula is C14H11FN4O. The van der Waals surface area contributed by atoms with Crippen molar-refractivity contribution >= 4 is 22.6 Å². The van der Waals surface area contributed by atoms with Crippen molar-refractivity contribution in [1.82, 2.24) is 15.2 Å². The van der Waals surface area contributed by atoms with Gasteiger partial charge in [0.15, 0.2) is 5.82 Å². The van der Waals surface area contributed by atoms with Crippen LogP contribution < -0.4 is 5.32 Å². The Hall–Kier alpha value is -2.76. The molecule has 0 saturated heterocycles. The van der Waals surface area contributed by atoms with Gasteiger partial charge in [0, 0.05) is 11.1 Å². The Morgan fingerprint density at radius 1 is 1.30 bits per heavy atom. The number of aromatic amines is 1. The van der Waals surface area contributed by atoms with E-state index >= 15 is 0 Å². The summed E-state index contributed by atoms with van der Waals surface area (Å²) in [7, 11) is 0. The average molecular weight is 270 g/mol. The predicted octanol–water partition coefficient (Wildman–Crippen LogP) is 2.66. The molecule has 1 amide bonds. The van der Waals surface area contributed by atoms with Crippen molar-refractivity contribution < 1.29 is 9.18 Å². The van der Waals surface area contributed by atoms with Gasteiger partial charge in [-0.2, -0.15) is 5.10 Å². The molecule has 0 spiro atoms. The molecule has 3 aromatic rings. The highest BCUT2D eigenvalue weighted by molar-refractivity contribution is 6.06. The van der Waals surface area contributed by atoms with Crippen LogP contribution in [0.5, 0.6) is 0 Å². The van der Waals surface area contributed by atoms with Crippen LogP contribution in [0.15, 0.2) is 36.4 Å². The summed E-state index contributed by atoms with van der Waals surface area (Å²) in [4.78, 5) is 16.2. The van der Waals surface area contributed by atoms with E-state index in [9.17, 15) is 9.18 Å². The number of carbonyl (C=O) groups excluding carboxylic acids is 1. The van der Waals surface area contributed by atoms with Crippen LogP contribution in [0.2, 0.25) is 0 Å². The van der Waals surface area contributed by atoms with Gasteiger partial charge in [-0.3, -0.25) is 9.89 Å². The minimum atomic E-state index is -0.386. The summed E-state index contributed by atoms with van der Waals surface area (Å²) in [5.41, 5.74) is 1.69. The minimum absolute atomic E-state index is 0.285. The van der Waals surface area contributed by atoms with E-state index in [1.807, 2.05) is 0 Å². The van der Waals surface area contributed by atoms with Crippen LogP contribution in [0.1, 0.15) is 16.2 Å². The molecule has 1 aromatic carbocycles. The first-order valence-corrected chi connectivity index (χ1v) is 6.02. The van der Waals surface area contributed by atoms with E-state index in [0.29, 0.717) is 10.9 Å². The Morgan fingerprint density at radius 2 is 2.15 bits per heavy atom. The standard InChI is InChI=1S/C14H11FN4O/c1-8-3-2-4-12(16-8)14(20)17-13-10-7-9(15)5-6-11(10)18-19-13/h2-7H,1H3,(H2,17,18,19,20). The number of benzene rings is 1. The van der Waals surface area contributed by atoms with Gasteiger partial charge >= 0.3 is 0 Å². The van der Waals surface area contributed by atoms with Gasteiger partial charge in [-0.25, -0.2) is 9.37 Å². The number of rotatable bonds is 2. The van der Waals surface area contributed by atoms with E-state index in [0.717, 1.165) is 5.69 Å². The molecule has 2 heterocycles. The molecule has 0 aliphatic carbocycles. The lowest BCUT2D eigenvalue weighted by Gasteiger charge is -2.02. The molecule has 20 heavy (non-hydrogen) atoms. The molecule has 0 unspecified atom stereocenters. The third-order valence-electron chi connectivity index (χ3n) is 2.88. The smallest absolute Gasteiger partial charge is 0.275 e. The Kier molecular flexibility index (Phi) is 2.90. The van der Waals surface area contributed by atoms with Crippen LogP contribution in [0, 0.1) is 12.7 Å². The summed E-state index contributed by atoms with van der Waals surface area (Å²) in [6.07, 6.45) is 0. The molecule has 0 radical (unpaired) electrons. The lowest BCUT2D eigenvalue weighted by Crippen LogP contribution is -2.14. The number of aromatic nitrogens is 3. The number of aryl methyl sites for hydroxylation is 1. The predicted molar refractivity (Wildman–Crippen MR) is 73.0 cm³/mol. The molecule has 2 aromatic heterocycles. The van der Waals surface area contributed by atoms with Gasteiger partial charge in [-0.15, -0.1) is 0 Å². The minimum Gasteiger partial charge on any atom is -0.303 e. The van der Waals surface area contributed by atoms with E-state index in [1.165, 1.54) is 12.1 Å². The van der Waals surface area contributed by atoms with Crippen molar-refractivity contribution in [1.29, 1.82) is 0 Å². The fraction of sp³-hybridized carbons (Fsp3) is 0.0714.